The number of nitrogens with one attached hydrogen (secondary N) is 2. The van der Waals surface area contributed by atoms with E-state index in [-0.39, 0.29) is 23.7 Å². The van der Waals surface area contributed by atoms with Gasteiger partial charge in [0.2, 0.25) is 5.91 Å². The number of halogens is 2. The minimum Gasteiger partial charge on any atom is -0.383 e. The van der Waals surface area contributed by atoms with Gasteiger partial charge in [-0.15, -0.1) is 12.4 Å². The van der Waals surface area contributed by atoms with Crippen molar-refractivity contribution in [1.29, 1.82) is 0 Å². The normalized spacial score (nSPS) is 16.2. The molecule has 1 aromatic rings. The topological polar surface area (TPSA) is 50.4 Å². The van der Waals surface area contributed by atoms with Crippen LogP contribution in [-0.2, 0) is 14.9 Å². The van der Waals surface area contributed by atoms with E-state index < -0.39 is 0 Å². The number of hydrogen-bond donors (Lipinski definition) is 2. The maximum atomic E-state index is 12.0. The summed E-state index contributed by atoms with van der Waals surface area (Å²) >= 11 is 6.02. The molecule has 2 N–H and O–H groups in total. The lowest BCUT2D eigenvalue weighted by Crippen LogP contribution is -2.45. The molecule has 0 heterocycles. The third kappa shape index (κ3) is 6.25. The molecule has 0 aliphatic heterocycles. The lowest BCUT2D eigenvalue weighted by molar-refractivity contribution is -0.120. The first-order chi connectivity index (χ1) is 11.2. The minimum absolute atomic E-state index is 0. The summed E-state index contributed by atoms with van der Waals surface area (Å²) in [6, 6.07) is 8.11. The Morgan fingerprint density at radius 3 is 2.50 bits per heavy atom. The quantitative estimate of drug-likeness (QED) is 0.686. The maximum absolute atomic E-state index is 12.0. The number of hydrogen-bond acceptors (Lipinski definition) is 3. The van der Waals surface area contributed by atoms with Crippen molar-refractivity contribution in [3.63, 3.8) is 0 Å². The maximum Gasteiger partial charge on any atom is 0.233 e. The molecule has 0 atom stereocenters. The molecule has 24 heavy (non-hydrogen) atoms. The highest BCUT2D eigenvalue weighted by atomic mass is 35.5. The van der Waals surface area contributed by atoms with Crippen LogP contribution in [0.1, 0.15) is 37.7 Å². The van der Waals surface area contributed by atoms with Crippen LogP contribution in [0, 0.1) is 0 Å². The summed E-state index contributed by atoms with van der Waals surface area (Å²) in [5, 5.41) is 6.94. The van der Waals surface area contributed by atoms with E-state index in [1.165, 1.54) is 24.8 Å². The Hall–Kier alpha value is -0.810. The average molecular weight is 375 g/mol. The first-order valence-electron chi connectivity index (χ1n) is 8.39. The summed E-state index contributed by atoms with van der Waals surface area (Å²) in [6.07, 6.45) is 5.94. The minimum atomic E-state index is 0. The molecule has 1 fully saturated rings. The number of benzene rings is 1. The number of methoxy groups -OCH3 is 1. The van der Waals surface area contributed by atoms with E-state index in [0.717, 1.165) is 17.9 Å². The molecular formula is C18H28Cl2N2O2. The molecule has 0 aromatic heterocycles. The third-order valence-electron chi connectivity index (χ3n) is 4.66. The second-order valence-corrected chi connectivity index (χ2v) is 6.73. The van der Waals surface area contributed by atoms with Crippen molar-refractivity contribution in [2.45, 2.75) is 37.5 Å². The zero-order chi connectivity index (χ0) is 16.5. The molecule has 136 valence electrons. The fourth-order valence-corrected chi connectivity index (χ4v) is 3.43. The van der Waals surface area contributed by atoms with Crippen molar-refractivity contribution in [2.75, 3.05) is 33.4 Å². The number of carbonyl (C=O) groups is 1. The van der Waals surface area contributed by atoms with Crippen molar-refractivity contribution in [3.8, 4) is 0 Å². The predicted molar refractivity (Wildman–Crippen MR) is 101 cm³/mol. The van der Waals surface area contributed by atoms with Crippen LogP contribution in [-0.4, -0.2) is 39.3 Å². The van der Waals surface area contributed by atoms with E-state index in [1.54, 1.807) is 7.11 Å². The molecular weight excluding hydrogens is 347 g/mol. The first-order valence-corrected chi connectivity index (χ1v) is 8.76. The van der Waals surface area contributed by atoms with Crippen LogP contribution in [0.15, 0.2) is 24.3 Å². The zero-order valence-corrected chi connectivity index (χ0v) is 15.8. The van der Waals surface area contributed by atoms with Gasteiger partial charge in [0.25, 0.3) is 0 Å². The number of carbonyl (C=O) groups excluding carboxylic acids is 1. The molecule has 0 saturated heterocycles. The van der Waals surface area contributed by atoms with Crippen molar-refractivity contribution in [1.82, 2.24) is 10.6 Å². The summed E-state index contributed by atoms with van der Waals surface area (Å²) < 4.78 is 4.96. The molecule has 1 saturated carbocycles. The molecule has 0 bridgehead atoms. The zero-order valence-electron chi connectivity index (χ0n) is 14.3. The van der Waals surface area contributed by atoms with Gasteiger partial charge in [0, 0.05) is 30.6 Å². The third-order valence-corrected chi connectivity index (χ3v) is 4.91. The van der Waals surface area contributed by atoms with Gasteiger partial charge in [-0.25, -0.2) is 0 Å². The molecule has 1 amide bonds. The van der Waals surface area contributed by atoms with Gasteiger partial charge in [-0.1, -0.05) is 43.0 Å². The highest BCUT2D eigenvalue weighted by Gasteiger charge is 2.34. The molecule has 4 nitrogen and oxygen atoms in total. The first kappa shape index (κ1) is 21.2. The molecule has 0 radical (unpaired) electrons. The number of ether oxygens (including phenoxy) is 1. The summed E-state index contributed by atoms with van der Waals surface area (Å²) in [6.45, 7) is 2.33. The van der Waals surface area contributed by atoms with Crippen molar-refractivity contribution in [3.05, 3.63) is 34.9 Å². The smallest absolute Gasteiger partial charge is 0.233 e. The van der Waals surface area contributed by atoms with E-state index in [0.29, 0.717) is 26.2 Å². The molecule has 6 heteroatoms. The number of amides is 1. The largest absolute Gasteiger partial charge is 0.383 e. The van der Waals surface area contributed by atoms with Crippen LogP contribution < -0.4 is 10.6 Å². The van der Waals surface area contributed by atoms with Gasteiger partial charge in [-0.2, -0.15) is 0 Å². The highest BCUT2D eigenvalue weighted by molar-refractivity contribution is 6.30. The molecule has 1 aromatic carbocycles. The second-order valence-electron chi connectivity index (χ2n) is 6.29. The fourth-order valence-electron chi connectivity index (χ4n) is 3.31. The molecule has 1 aliphatic rings. The van der Waals surface area contributed by atoms with Gasteiger partial charge in [0.1, 0.15) is 0 Å². The van der Waals surface area contributed by atoms with Gasteiger partial charge in [0.15, 0.2) is 0 Å². The van der Waals surface area contributed by atoms with Crippen molar-refractivity contribution >= 4 is 29.9 Å². The monoisotopic (exact) mass is 374 g/mol. The number of rotatable bonds is 8. The average Bonchev–Trinajstić information content (AvgIpc) is 2.58. The van der Waals surface area contributed by atoms with E-state index in [1.807, 2.05) is 12.1 Å². The summed E-state index contributed by atoms with van der Waals surface area (Å²) in [5.41, 5.74) is 1.33. The SMILES string of the molecule is COCCNCC(=O)NCC1(c2ccc(Cl)cc2)CCCCC1.Cl. The van der Waals surface area contributed by atoms with Gasteiger partial charge in [-0.3, -0.25) is 4.79 Å². The Morgan fingerprint density at radius 1 is 1.21 bits per heavy atom. The van der Waals surface area contributed by atoms with E-state index in [2.05, 4.69) is 22.8 Å². The van der Waals surface area contributed by atoms with Gasteiger partial charge >= 0.3 is 0 Å². The van der Waals surface area contributed by atoms with Gasteiger partial charge in [0.05, 0.1) is 13.2 Å². The van der Waals surface area contributed by atoms with Gasteiger partial charge in [-0.05, 0) is 30.5 Å². The standard InChI is InChI=1S/C18H27ClN2O2.ClH/c1-23-12-11-20-13-17(22)21-14-18(9-3-2-4-10-18)15-5-7-16(19)8-6-15;/h5-8,20H,2-4,9-14H2,1H3,(H,21,22);1H. The summed E-state index contributed by atoms with van der Waals surface area (Å²) in [4.78, 5) is 12.0. The fraction of sp³-hybridized carbons (Fsp3) is 0.611. The molecule has 0 unspecified atom stereocenters. The van der Waals surface area contributed by atoms with Crippen molar-refractivity contribution < 1.29 is 9.53 Å². The Bertz CT molecular complexity index is 488. The Labute approximate surface area is 156 Å². The van der Waals surface area contributed by atoms with Crippen LogP contribution in [0.2, 0.25) is 5.02 Å². The highest BCUT2D eigenvalue weighted by Crippen LogP contribution is 2.39. The molecule has 2 rings (SSSR count). The van der Waals surface area contributed by atoms with Crippen LogP contribution in [0.4, 0.5) is 0 Å². The lowest BCUT2D eigenvalue weighted by atomic mass is 9.69. The van der Waals surface area contributed by atoms with Gasteiger partial charge < -0.3 is 15.4 Å². The Kier molecular flexibility index (Phi) is 9.67. The van der Waals surface area contributed by atoms with E-state index in [4.69, 9.17) is 16.3 Å². The van der Waals surface area contributed by atoms with Crippen molar-refractivity contribution in [2.24, 2.45) is 0 Å². The molecule has 1 aliphatic carbocycles. The van der Waals surface area contributed by atoms with Crippen LogP contribution >= 0.6 is 24.0 Å². The Morgan fingerprint density at radius 2 is 1.88 bits per heavy atom. The van der Waals surface area contributed by atoms with E-state index >= 15 is 0 Å². The van der Waals surface area contributed by atoms with E-state index in [9.17, 15) is 4.79 Å². The molecule has 0 spiro atoms. The predicted octanol–water partition coefficient (Wildman–Crippen LogP) is 3.32. The lowest BCUT2D eigenvalue weighted by Gasteiger charge is -2.38. The Balaban J connectivity index is 0.00000288. The van der Waals surface area contributed by atoms with Crippen LogP contribution in [0.5, 0.6) is 0 Å². The summed E-state index contributed by atoms with van der Waals surface area (Å²) in [7, 11) is 1.65. The van der Waals surface area contributed by atoms with Crippen LogP contribution in [0.25, 0.3) is 0 Å². The summed E-state index contributed by atoms with van der Waals surface area (Å²) in [5.74, 6) is 0.0417. The second kappa shape index (κ2) is 10.9. The van der Waals surface area contributed by atoms with Crippen LogP contribution in [0.3, 0.4) is 0 Å².